The molecule has 0 bridgehead atoms. The Balaban J connectivity index is 1.69. The lowest BCUT2D eigenvalue weighted by molar-refractivity contribution is -0.297. The first-order valence-electron chi connectivity index (χ1n) is 19.9. The third kappa shape index (κ3) is 10.2. The summed E-state index contributed by atoms with van der Waals surface area (Å²) in [5.41, 5.74) is -0.801. The van der Waals surface area contributed by atoms with E-state index in [0.717, 1.165) is 25.1 Å². The van der Waals surface area contributed by atoms with Gasteiger partial charge in [-0.25, -0.2) is 0 Å². The molecule has 2 fully saturated rings. The number of anilines is 1. The van der Waals surface area contributed by atoms with Crippen LogP contribution in [0.2, 0.25) is 0 Å². The number of esters is 1. The fourth-order valence-electron chi connectivity index (χ4n) is 8.63. The van der Waals surface area contributed by atoms with Crippen LogP contribution in [0.4, 0.5) is 5.69 Å². The number of fused-ring (bicyclic) bond motifs is 1. The summed E-state index contributed by atoms with van der Waals surface area (Å²) in [6.07, 6.45) is -2.88. The Kier molecular flexibility index (Phi) is 15.1. The molecule has 0 aliphatic carbocycles. The third-order valence-electron chi connectivity index (χ3n) is 12.0. The van der Waals surface area contributed by atoms with Crippen molar-refractivity contribution in [2.75, 3.05) is 32.6 Å². The minimum Gasteiger partial charge on any atom is -0.459 e. The lowest BCUT2D eigenvalue weighted by atomic mass is 9.79. The minimum atomic E-state index is -1.99. The van der Waals surface area contributed by atoms with Gasteiger partial charge in [0.15, 0.2) is 12.1 Å². The Hall–Kier alpha value is -2.65. The number of aliphatic hydroxyl groups is 3. The van der Waals surface area contributed by atoms with Gasteiger partial charge in [0.05, 0.1) is 29.8 Å². The summed E-state index contributed by atoms with van der Waals surface area (Å²) in [6, 6.07) is 7.47. The smallest absolute Gasteiger partial charge is 0.316 e. The maximum atomic E-state index is 14.4. The lowest BCUT2D eigenvalue weighted by Gasteiger charge is -2.47. The molecule has 0 aromatic heterocycles. The number of Topliss-reactive ketones (excluding diaryl/α,β-unsaturated/α-hetero) is 1. The summed E-state index contributed by atoms with van der Waals surface area (Å²) in [6.45, 7) is 14.4. The van der Waals surface area contributed by atoms with Crippen LogP contribution in [-0.2, 0) is 39.8 Å². The van der Waals surface area contributed by atoms with Gasteiger partial charge < -0.3 is 49.8 Å². The van der Waals surface area contributed by atoms with E-state index in [-0.39, 0.29) is 25.0 Å². The van der Waals surface area contributed by atoms with Gasteiger partial charge in [-0.2, -0.15) is 0 Å². The number of cyclic esters (lactones) is 1. The van der Waals surface area contributed by atoms with Gasteiger partial charge in [-0.1, -0.05) is 39.0 Å². The second kappa shape index (κ2) is 18.5. The number of para-hydroxylation sites is 1. The lowest BCUT2D eigenvalue weighted by Crippen LogP contribution is -2.60. The van der Waals surface area contributed by atoms with Gasteiger partial charge in [-0.15, -0.1) is 0 Å². The Morgan fingerprint density at radius 2 is 1.70 bits per heavy atom. The van der Waals surface area contributed by atoms with Gasteiger partial charge >= 0.3 is 5.97 Å². The largest absolute Gasteiger partial charge is 0.459 e. The number of nitrogens with zero attached hydrogens (tertiary/aromatic N) is 1. The molecule has 3 aliphatic rings. The number of rotatable bonds is 9. The van der Waals surface area contributed by atoms with Crippen LogP contribution in [0.1, 0.15) is 93.1 Å². The Morgan fingerprint density at radius 1 is 1.02 bits per heavy atom. The normalized spacial score (nSPS) is 40.1. The molecule has 0 saturated carbocycles. The summed E-state index contributed by atoms with van der Waals surface area (Å²) < 4.78 is 25.5. The highest BCUT2D eigenvalue weighted by molar-refractivity contribution is 6.00. The molecule has 5 N–H and O–H groups in total. The number of amides is 1. The van der Waals surface area contributed by atoms with E-state index in [0.29, 0.717) is 25.4 Å². The molecule has 3 heterocycles. The number of ether oxygens (including phenoxy) is 4. The van der Waals surface area contributed by atoms with Crippen LogP contribution in [-0.4, -0.2) is 125 Å². The summed E-state index contributed by atoms with van der Waals surface area (Å²) in [7, 11) is 3.76. The minimum absolute atomic E-state index is 0.125. The molecule has 1 aromatic carbocycles. The predicted octanol–water partition coefficient (Wildman–Crippen LogP) is 3.46. The highest BCUT2D eigenvalue weighted by Crippen LogP contribution is 2.37. The summed E-state index contributed by atoms with van der Waals surface area (Å²) in [5, 5.41) is 40.8. The van der Waals surface area contributed by atoms with Crippen LogP contribution in [0.5, 0.6) is 0 Å². The van der Waals surface area contributed by atoms with Crippen LogP contribution in [0.3, 0.4) is 0 Å². The van der Waals surface area contributed by atoms with E-state index in [1.165, 1.54) is 26.3 Å². The number of carbonyl (C=O) groups excluding carboxylic acids is 3. The van der Waals surface area contributed by atoms with Crippen molar-refractivity contribution in [2.45, 2.75) is 154 Å². The molecular weight excluding hydrogens is 694 g/mol. The van der Waals surface area contributed by atoms with Crippen molar-refractivity contribution in [1.29, 1.82) is 0 Å². The van der Waals surface area contributed by atoms with Crippen molar-refractivity contribution in [2.24, 2.45) is 23.7 Å². The van der Waals surface area contributed by atoms with E-state index in [4.69, 9.17) is 18.9 Å². The molecule has 0 radical (unpaired) electrons. The number of hydrogen-bond acceptors (Lipinski definition) is 12. The second-order valence-corrected chi connectivity index (χ2v) is 16.9. The van der Waals surface area contributed by atoms with Crippen LogP contribution in [0, 0.1) is 23.7 Å². The first-order chi connectivity index (χ1) is 25.3. The zero-order chi connectivity index (χ0) is 40.1. The van der Waals surface area contributed by atoms with E-state index in [2.05, 4.69) is 22.8 Å². The van der Waals surface area contributed by atoms with E-state index in [9.17, 15) is 29.7 Å². The number of ketones is 1. The van der Waals surface area contributed by atoms with Crippen molar-refractivity contribution in [1.82, 2.24) is 10.2 Å². The first-order valence-corrected chi connectivity index (χ1v) is 19.9. The Bertz CT molecular complexity index is 1420. The standard InChI is InChI=1S/C41H67N3O10/c1-11-32-41(8,50)35(47)27(6)37(48)43-23(2)21-40(7,51-18-14-15-28-20-29-16-12-13-17-30(29)42-22-28)36(25(4)33(45)26(5)38(49)53-32)54-39-34(46)31(44(9)10)19-24(3)52-39/h12-13,16-17,23-28,31-32,34-36,39,42,46-47,50H,11,14-15,18-22H2,1-10H3,(H,43,48)/t23-,24-,25+,26-,27-,28?,31+,32-,34-,35+,36-,39+,40-,41+/m1/s1. The van der Waals surface area contributed by atoms with Gasteiger partial charge in [0, 0.05) is 36.8 Å². The van der Waals surface area contributed by atoms with Gasteiger partial charge in [0.1, 0.15) is 23.7 Å². The van der Waals surface area contributed by atoms with Crippen molar-refractivity contribution in [3.05, 3.63) is 29.8 Å². The molecule has 14 atom stereocenters. The van der Waals surface area contributed by atoms with Gasteiger partial charge in [-0.3, -0.25) is 14.4 Å². The van der Waals surface area contributed by atoms with Crippen LogP contribution in [0.25, 0.3) is 0 Å². The Labute approximate surface area is 321 Å². The highest BCUT2D eigenvalue weighted by atomic mass is 16.7. The van der Waals surface area contributed by atoms with Crippen molar-refractivity contribution in [3.8, 4) is 0 Å². The van der Waals surface area contributed by atoms with Gasteiger partial charge in [0.25, 0.3) is 0 Å². The monoisotopic (exact) mass is 761 g/mol. The van der Waals surface area contributed by atoms with Crippen molar-refractivity contribution in [3.63, 3.8) is 0 Å². The molecule has 306 valence electrons. The molecule has 1 aromatic rings. The quantitative estimate of drug-likeness (QED) is 0.141. The molecule has 1 unspecified atom stereocenters. The summed E-state index contributed by atoms with van der Waals surface area (Å²) in [5.74, 6) is -4.79. The molecule has 13 nitrogen and oxygen atoms in total. The molecule has 0 spiro atoms. The molecule has 54 heavy (non-hydrogen) atoms. The predicted molar refractivity (Wildman–Crippen MR) is 205 cm³/mol. The van der Waals surface area contributed by atoms with E-state index in [1.54, 1.807) is 13.8 Å². The zero-order valence-electron chi connectivity index (χ0n) is 34.0. The maximum Gasteiger partial charge on any atom is 0.316 e. The molecular formula is C41H67N3O10. The second-order valence-electron chi connectivity index (χ2n) is 16.9. The van der Waals surface area contributed by atoms with Crippen molar-refractivity contribution < 1.29 is 48.7 Å². The summed E-state index contributed by atoms with van der Waals surface area (Å²) >= 11 is 0. The maximum absolute atomic E-state index is 14.4. The van der Waals surface area contributed by atoms with Gasteiger partial charge in [-0.05, 0) is 105 Å². The first kappa shape index (κ1) is 44.1. The highest BCUT2D eigenvalue weighted by Gasteiger charge is 2.51. The Morgan fingerprint density at radius 3 is 2.37 bits per heavy atom. The average Bonchev–Trinajstić information content (AvgIpc) is 3.13. The molecule has 13 heteroatoms. The molecule has 2 saturated heterocycles. The number of aliphatic hydroxyl groups excluding tert-OH is 2. The van der Waals surface area contributed by atoms with Crippen molar-refractivity contribution >= 4 is 23.3 Å². The average molecular weight is 762 g/mol. The van der Waals surface area contributed by atoms with Gasteiger partial charge in [0.2, 0.25) is 5.91 Å². The van der Waals surface area contributed by atoms with Crippen LogP contribution < -0.4 is 10.6 Å². The number of likely N-dealkylation sites (N-methyl/N-ethyl adjacent to an activating group) is 1. The number of carbonyl (C=O) groups is 3. The SMILES string of the molecule is CC[C@H]1OC(=O)[C@H](C)C(=O)[C@H](C)[C@@H](O[C@@H]2O[C@H](C)C[C@H](N(C)C)[C@H]2O)[C@](C)(OCCCC2CNc3ccccc3C2)C[C@@H](C)NC(=O)[C@H](C)[C@H](O)[C@@]1(C)O. The number of nitrogens with one attached hydrogen (secondary N) is 2. The molecule has 3 aliphatic heterocycles. The van der Waals surface area contributed by atoms with E-state index in [1.807, 2.05) is 51.9 Å². The summed E-state index contributed by atoms with van der Waals surface area (Å²) in [4.78, 5) is 43.5. The zero-order valence-corrected chi connectivity index (χ0v) is 34.0. The van der Waals surface area contributed by atoms with Crippen LogP contribution in [0.15, 0.2) is 24.3 Å². The fraction of sp³-hybridized carbons (Fsp3) is 0.780. The topological polar surface area (TPSA) is 176 Å². The molecule has 1 amide bonds. The van der Waals surface area contributed by atoms with E-state index < -0.39 is 83.4 Å². The molecule has 4 rings (SSSR count). The number of benzene rings is 1. The third-order valence-corrected chi connectivity index (χ3v) is 12.0. The van der Waals surface area contributed by atoms with Crippen LogP contribution >= 0.6 is 0 Å². The van der Waals surface area contributed by atoms with E-state index >= 15 is 0 Å². The number of hydrogen-bond donors (Lipinski definition) is 5. The fourth-order valence-corrected chi connectivity index (χ4v) is 8.63.